The second kappa shape index (κ2) is 10.8. The number of rotatable bonds is 8. The van der Waals surface area contributed by atoms with Gasteiger partial charge < -0.3 is 9.80 Å². The van der Waals surface area contributed by atoms with E-state index in [0.717, 1.165) is 22.3 Å². The summed E-state index contributed by atoms with van der Waals surface area (Å²) >= 11 is 0. The Bertz CT molecular complexity index is 944. The van der Waals surface area contributed by atoms with Gasteiger partial charge in [0.2, 0.25) is 0 Å². The van der Waals surface area contributed by atoms with Crippen LogP contribution in [0, 0.1) is 0 Å². The van der Waals surface area contributed by atoms with Crippen LogP contribution in [0.5, 0.6) is 0 Å². The maximum absolute atomic E-state index is 12.5. The zero-order valence-electron chi connectivity index (χ0n) is 19.5. The molecule has 3 aromatic rings. The Morgan fingerprint density at radius 3 is 0.906 bits per heavy atom. The minimum atomic E-state index is 0.0693. The normalized spacial score (nSPS) is 10.6. The van der Waals surface area contributed by atoms with Crippen molar-refractivity contribution in [1.82, 2.24) is 9.80 Å². The average Bonchev–Trinajstić information content (AvgIpc) is 2.85. The van der Waals surface area contributed by atoms with Crippen LogP contribution in [0.4, 0.5) is 0 Å². The van der Waals surface area contributed by atoms with Gasteiger partial charge in [0, 0.05) is 37.3 Å². The zero-order chi connectivity index (χ0) is 23.1. The van der Waals surface area contributed by atoms with Crippen molar-refractivity contribution in [1.29, 1.82) is 0 Å². The average molecular weight is 429 g/mol. The minimum absolute atomic E-state index is 0.0693. The second-order valence-electron chi connectivity index (χ2n) is 7.69. The summed E-state index contributed by atoms with van der Waals surface area (Å²) in [6, 6.07) is 23.9. The first-order chi connectivity index (χ1) is 15.5. The second-order valence-corrected chi connectivity index (χ2v) is 7.69. The Balaban J connectivity index is 1.74. The molecule has 0 radical (unpaired) electrons. The van der Waals surface area contributed by atoms with Crippen molar-refractivity contribution < 1.29 is 9.59 Å². The van der Waals surface area contributed by atoms with Gasteiger partial charge in [-0.2, -0.15) is 0 Å². The molecule has 3 rings (SSSR count). The number of carbonyl (C=O) groups excluding carboxylic acids is 2. The minimum Gasteiger partial charge on any atom is -0.339 e. The van der Waals surface area contributed by atoms with Crippen LogP contribution in [-0.2, 0) is 0 Å². The molecule has 0 aliphatic heterocycles. The van der Waals surface area contributed by atoms with E-state index in [2.05, 4.69) is 24.3 Å². The molecule has 0 aliphatic rings. The number of amides is 2. The third-order valence-corrected chi connectivity index (χ3v) is 5.92. The lowest BCUT2D eigenvalue weighted by Gasteiger charge is -2.18. The van der Waals surface area contributed by atoms with Crippen molar-refractivity contribution in [3.05, 3.63) is 83.9 Å². The largest absolute Gasteiger partial charge is 0.339 e. The molecule has 0 saturated heterocycles. The van der Waals surface area contributed by atoms with Gasteiger partial charge in [-0.3, -0.25) is 9.59 Å². The van der Waals surface area contributed by atoms with Crippen LogP contribution in [0.15, 0.2) is 72.8 Å². The van der Waals surface area contributed by atoms with E-state index in [1.54, 1.807) is 0 Å². The van der Waals surface area contributed by atoms with Gasteiger partial charge in [0.05, 0.1) is 0 Å². The highest BCUT2D eigenvalue weighted by Crippen LogP contribution is 2.26. The first-order valence-corrected chi connectivity index (χ1v) is 11.4. The van der Waals surface area contributed by atoms with Crippen LogP contribution < -0.4 is 0 Å². The summed E-state index contributed by atoms with van der Waals surface area (Å²) in [4.78, 5) is 28.6. The van der Waals surface area contributed by atoms with Crippen LogP contribution >= 0.6 is 0 Å². The van der Waals surface area contributed by atoms with Gasteiger partial charge in [-0.05, 0) is 74.2 Å². The first kappa shape index (κ1) is 23.3. The van der Waals surface area contributed by atoms with Crippen molar-refractivity contribution in [2.75, 3.05) is 26.2 Å². The third-order valence-electron chi connectivity index (χ3n) is 5.92. The molecule has 0 saturated carbocycles. The van der Waals surface area contributed by atoms with Crippen LogP contribution in [0.2, 0.25) is 0 Å². The lowest BCUT2D eigenvalue weighted by Crippen LogP contribution is -2.30. The molecule has 0 aliphatic carbocycles. The molecule has 32 heavy (non-hydrogen) atoms. The number of hydrogen-bond donors (Lipinski definition) is 0. The molecule has 0 fully saturated rings. The maximum Gasteiger partial charge on any atom is 0.253 e. The summed E-state index contributed by atoms with van der Waals surface area (Å²) in [5.74, 6) is 0.139. The summed E-state index contributed by atoms with van der Waals surface area (Å²) in [6.07, 6.45) is 0. The van der Waals surface area contributed by atoms with Crippen molar-refractivity contribution in [2.24, 2.45) is 0 Å². The van der Waals surface area contributed by atoms with E-state index in [1.807, 2.05) is 86.0 Å². The molecule has 2 amide bonds. The third kappa shape index (κ3) is 5.08. The van der Waals surface area contributed by atoms with Gasteiger partial charge in [-0.1, -0.05) is 48.5 Å². The lowest BCUT2D eigenvalue weighted by atomic mass is 9.98. The smallest absolute Gasteiger partial charge is 0.253 e. The summed E-state index contributed by atoms with van der Waals surface area (Å²) in [6.45, 7) is 10.8. The van der Waals surface area contributed by atoms with E-state index in [9.17, 15) is 9.59 Å². The Labute approximate surface area is 191 Å². The standard InChI is InChI=1S/C28H32N2O2/c1-5-29(6-2)27(31)25-17-13-23(14-18-25)21-9-11-22(12-10-21)24-15-19-26(20-16-24)28(32)30(7-3)8-4/h9-20H,5-8H2,1-4H3. The Hall–Kier alpha value is -3.40. The van der Waals surface area contributed by atoms with Gasteiger partial charge >= 0.3 is 0 Å². The van der Waals surface area contributed by atoms with E-state index in [0.29, 0.717) is 37.3 Å². The first-order valence-electron chi connectivity index (χ1n) is 11.4. The monoisotopic (exact) mass is 428 g/mol. The van der Waals surface area contributed by atoms with E-state index >= 15 is 0 Å². The van der Waals surface area contributed by atoms with Crippen LogP contribution in [-0.4, -0.2) is 47.8 Å². The highest BCUT2D eigenvalue weighted by Gasteiger charge is 2.13. The van der Waals surface area contributed by atoms with Crippen molar-refractivity contribution >= 4 is 11.8 Å². The fourth-order valence-electron chi connectivity index (χ4n) is 3.85. The topological polar surface area (TPSA) is 40.6 Å². The predicted octanol–water partition coefficient (Wildman–Crippen LogP) is 5.98. The molecular formula is C28H32N2O2. The van der Waals surface area contributed by atoms with Crippen molar-refractivity contribution in [3.63, 3.8) is 0 Å². The Kier molecular flexibility index (Phi) is 7.82. The molecule has 0 atom stereocenters. The summed E-state index contributed by atoms with van der Waals surface area (Å²) in [7, 11) is 0. The molecule has 3 aromatic carbocycles. The molecule has 4 heteroatoms. The van der Waals surface area contributed by atoms with Gasteiger partial charge in [-0.25, -0.2) is 0 Å². The molecular weight excluding hydrogens is 396 g/mol. The van der Waals surface area contributed by atoms with Gasteiger partial charge in [0.1, 0.15) is 0 Å². The number of nitrogens with zero attached hydrogens (tertiary/aromatic N) is 2. The molecule has 0 spiro atoms. The Morgan fingerprint density at radius 2 is 0.688 bits per heavy atom. The lowest BCUT2D eigenvalue weighted by molar-refractivity contribution is 0.0765. The number of carbonyl (C=O) groups is 2. The maximum atomic E-state index is 12.5. The highest BCUT2D eigenvalue weighted by atomic mass is 16.2. The Morgan fingerprint density at radius 1 is 0.469 bits per heavy atom. The van der Waals surface area contributed by atoms with E-state index in [1.165, 1.54) is 0 Å². The molecule has 0 N–H and O–H groups in total. The summed E-state index contributed by atoms with van der Waals surface area (Å²) in [5, 5.41) is 0. The molecule has 4 nitrogen and oxygen atoms in total. The molecule has 0 heterocycles. The number of benzene rings is 3. The zero-order valence-corrected chi connectivity index (χ0v) is 19.5. The van der Waals surface area contributed by atoms with Gasteiger partial charge in [0.25, 0.3) is 11.8 Å². The van der Waals surface area contributed by atoms with Crippen LogP contribution in [0.3, 0.4) is 0 Å². The van der Waals surface area contributed by atoms with E-state index < -0.39 is 0 Å². The van der Waals surface area contributed by atoms with Crippen molar-refractivity contribution in [3.8, 4) is 22.3 Å². The molecule has 0 bridgehead atoms. The molecule has 0 unspecified atom stereocenters. The van der Waals surface area contributed by atoms with Gasteiger partial charge in [0.15, 0.2) is 0 Å². The predicted molar refractivity (Wildman–Crippen MR) is 132 cm³/mol. The summed E-state index contributed by atoms with van der Waals surface area (Å²) in [5.41, 5.74) is 5.79. The number of hydrogen-bond acceptors (Lipinski definition) is 2. The highest BCUT2D eigenvalue weighted by molar-refractivity contribution is 5.95. The SMILES string of the molecule is CCN(CC)C(=O)c1ccc(-c2ccc(-c3ccc(C(=O)N(CC)CC)cc3)cc2)cc1. The fraction of sp³-hybridized carbons (Fsp3) is 0.286. The molecule has 166 valence electrons. The van der Waals surface area contributed by atoms with Crippen LogP contribution in [0.1, 0.15) is 48.4 Å². The molecule has 0 aromatic heterocycles. The summed E-state index contributed by atoms with van der Waals surface area (Å²) < 4.78 is 0. The van der Waals surface area contributed by atoms with E-state index in [4.69, 9.17) is 0 Å². The quantitative estimate of drug-likeness (QED) is 0.442. The van der Waals surface area contributed by atoms with Crippen molar-refractivity contribution in [2.45, 2.75) is 27.7 Å². The van der Waals surface area contributed by atoms with E-state index in [-0.39, 0.29) is 11.8 Å². The fourth-order valence-corrected chi connectivity index (χ4v) is 3.85. The van der Waals surface area contributed by atoms with Gasteiger partial charge in [-0.15, -0.1) is 0 Å². The van der Waals surface area contributed by atoms with Crippen LogP contribution in [0.25, 0.3) is 22.3 Å².